The van der Waals surface area contributed by atoms with E-state index in [4.69, 9.17) is 4.84 Å². The molecule has 24 heavy (non-hydrogen) atoms. The second kappa shape index (κ2) is 7.89. The van der Waals surface area contributed by atoms with Gasteiger partial charge in [-0.15, -0.1) is 0 Å². The molecule has 0 N–H and O–H groups in total. The largest absolute Gasteiger partial charge is 0.390 e. The van der Waals surface area contributed by atoms with Crippen molar-refractivity contribution in [3.05, 3.63) is 35.9 Å². The molecular formula is C19H27N3OS. The maximum absolute atomic E-state index is 5.70. The van der Waals surface area contributed by atoms with E-state index in [1.807, 2.05) is 6.07 Å². The average molecular weight is 346 g/mol. The van der Waals surface area contributed by atoms with Gasteiger partial charge < -0.3 is 4.84 Å². The summed E-state index contributed by atoms with van der Waals surface area (Å²) in [4.78, 5) is 11.0. The molecule has 3 aliphatic rings. The van der Waals surface area contributed by atoms with E-state index in [9.17, 15) is 0 Å². The Morgan fingerprint density at radius 1 is 1.04 bits per heavy atom. The van der Waals surface area contributed by atoms with E-state index in [-0.39, 0.29) is 6.10 Å². The molecule has 0 amide bonds. The van der Waals surface area contributed by atoms with Gasteiger partial charge in [0.15, 0.2) is 0 Å². The van der Waals surface area contributed by atoms with Crippen molar-refractivity contribution in [2.75, 3.05) is 44.2 Å². The van der Waals surface area contributed by atoms with Gasteiger partial charge in [0.05, 0.1) is 5.71 Å². The summed E-state index contributed by atoms with van der Waals surface area (Å²) in [7, 11) is 0. The summed E-state index contributed by atoms with van der Waals surface area (Å²) in [6.07, 6.45) is 3.78. The van der Waals surface area contributed by atoms with E-state index < -0.39 is 0 Å². The zero-order valence-electron chi connectivity index (χ0n) is 14.3. The van der Waals surface area contributed by atoms with Crippen LogP contribution in [0, 0.1) is 0 Å². The summed E-state index contributed by atoms with van der Waals surface area (Å²) >= 11 is 2.10. The van der Waals surface area contributed by atoms with E-state index in [1.165, 1.54) is 56.1 Å². The highest BCUT2D eigenvalue weighted by molar-refractivity contribution is 7.99. The third kappa shape index (κ3) is 3.95. The van der Waals surface area contributed by atoms with Crippen molar-refractivity contribution in [1.29, 1.82) is 0 Å². The Hall–Kier alpha value is -1.04. The molecule has 130 valence electrons. The molecule has 2 saturated heterocycles. The van der Waals surface area contributed by atoms with Crippen molar-refractivity contribution < 1.29 is 4.84 Å². The summed E-state index contributed by atoms with van der Waals surface area (Å²) < 4.78 is 0. The summed E-state index contributed by atoms with van der Waals surface area (Å²) in [5.41, 5.74) is 2.29. The standard InChI is InChI=1S/C19H27N3OS/c1-2-4-16(5-3-1)19-14-18(23-20-19)15-21-8-6-17(7-9-21)22-10-12-24-13-11-22/h1-5,17-18H,6-15H2. The molecule has 0 spiro atoms. The number of piperidine rings is 1. The van der Waals surface area contributed by atoms with Crippen molar-refractivity contribution in [3.63, 3.8) is 0 Å². The van der Waals surface area contributed by atoms with E-state index in [0.29, 0.717) is 0 Å². The van der Waals surface area contributed by atoms with Gasteiger partial charge in [0.25, 0.3) is 0 Å². The molecule has 0 bridgehead atoms. The molecule has 1 atom stereocenters. The number of likely N-dealkylation sites (tertiary alicyclic amines) is 1. The lowest BCUT2D eigenvalue weighted by atomic mass is 10.0. The zero-order chi connectivity index (χ0) is 16.2. The highest BCUT2D eigenvalue weighted by atomic mass is 32.2. The Balaban J connectivity index is 1.22. The first-order chi connectivity index (χ1) is 11.9. The third-order valence-corrected chi connectivity index (χ3v) is 6.36. The first-order valence-corrected chi connectivity index (χ1v) is 10.4. The number of benzene rings is 1. The molecule has 2 fully saturated rings. The molecule has 0 aromatic heterocycles. The molecule has 0 aliphatic carbocycles. The Morgan fingerprint density at radius 3 is 2.54 bits per heavy atom. The van der Waals surface area contributed by atoms with Crippen LogP contribution in [0.5, 0.6) is 0 Å². The molecule has 0 radical (unpaired) electrons. The molecule has 3 aliphatic heterocycles. The molecule has 1 aromatic rings. The molecule has 3 heterocycles. The Morgan fingerprint density at radius 2 is 1.79 bits per heavy atom. The molecule has 5 heteroatoms. The Bertz CT molecular complexity index is 551. The summed E-state index contributed by atoms with van der Waals surface area (Å²) in [6.45, 7) is 6.00. The number of nitrogens with zero attached hydrogens (tertiary/aromatic N) is 3. The van der Waals surface area contributed by atoms with Crippen LogP contribution in [0.3, 0.4) is 0 Å². The van der Waals surface area contributed by atoms with E-state index in [2.05, 4.69) is 51.0 Å². The van der Waals surface area contributed by atoms with Gasteiger partial charge in [-0.25, -0.2) is 0 Å². The topological polar surface area (TPSA) is 28.1 Å². The first-order valence-electron chi connectivity index (χ1n) is 9.21. The Labute approximate surface area is 149 Å². The van der Waals surface area contributed by atoms with Gasteiger partial charge in [-0.2, -0.15) is 11.8 Å². The van der Waals surface area contributed by atoms with Gasteiger partial charge >= 0.3 is 0 Å². The monoisotopic (exact) mass is 345 g/mol. The zero-order valence-corrected chi connectivity index (χ0v) is 15.1. The van der Waals surface area contributed by atoms with Gasteiger partial charge in [0.2, 0.25) is 0 Å². The van der Waals surface area contributed by atoms with Crippen LogP contribution in [-0.2, 0) is 4.84 Å². The van der Waals surface area contributed by atoms with E-state index in [0.717, 1.165) is 24.7 Å². The molecule has 0 saturated carbocycles. The average Bonchev–Trinajstić information content (AvgIpc) is 3.12. The molecule has 4 rings (SSSR count). The van der Waals surface area contributed by atoms with Gasteiger partial charge in [-0.05, 0) is 31.5 Å². The minimum atomic E-state index is 0.225. The van der Waals surface area contributed by atoms with Crippen molar-refractivity contribution in [2.45, 2.75) is 31.4 Å². The third-order valence-electron chi connectivity index (χ3n) is 5.42. The smallest absolute Gasteiger partial charge is 0.145 e. The van der Waals surface area contributed by atoms with Crippen LogP contribution in [0.1, 0.15) is 24.8 Å². The van der Waals surface area contributed by atoms with Crippen molar-refractivity contribution >= 4 is 17.5 Å². The summed E-state index contributed by atoms with van der Waals surface area (Å²) in [6, 6.07) is 11.2. The number of rotatable bonds is 4. The normalized spacial score (nSPS) is 27.0. The quantitative estimate of drug-likeness (QED) is 0.839. The first kappa shape index (κ1) is 16.4. The maximum Gasteiger partial charge on any atom is 0.145 e. The van der Waals surface area contributed by atoms with E-state index >= 15 is 0 Å². The number of thioether (sulfide) groups is 1. The van der Waals surface area contributed by atoms with Gasteiger partial charge in [-0.1, -0.05) is 35.5 Å². The molecule has 1 unspecified atom stereocenters. The van der Waals surface area contributed by atoms with E-state index in [1.54, 1.807) is 0 Å². The minimum absolute atomic E-state index is 0.225. The lowest BCUT2D eigenvalue weighted by Gasteiger charge is -2.40. The SMILES string of the molecule is c1ccc(C2=NOC(CN3CCC(N4CCSCC4)CC3)C2)cc1. The fourth-order valence-electron chi connectivity index (χ4n) is 4.02. The highest BCUT2D eigenvalue weighted by Gasteiger charge is 2.29. The van der Waals surface area contributed by atoms with Crippen LogP contribution < -0.4 is 0 Å². The highest BCUT2D eigenvalue weighted by Crippen LogP contribution is 2.23. The van der Waals surface area contributed by atoms with Crippen molar-refractivity contribution in [3.8, 4) is 0 Å². The second-order valence-electron chi connectivity index (χ2n) is 7.02. The Kier molecular flexibility index (Phi) is 5.40. The van der Waals surface area contributed by atoms with Crippen LogP contribution in [-0.4, -0.2) is 71.9 Å². The number of oxime groups is 1. The second-order valence-corrected chi connectivity index (χ2v) is 8.24. The fourth-order valence-corrected chi connectivity index (χ4v) is 4.96. The lowest BCUT2D eigenvalue weighted by Crippen LogP contribution is -2.48. The maximum atomic E-state index is 5.70. The van der Waals surface area contributed by atoms with Crippen LogP contribution in [0.15, 0.2) is 35.5 Å². The predicted octanol–water partition coefficient (Wildman–Crippen LogP) is 2.69. The molecule has 4 nitrogen and oxygen atoms in total. The molecule has 1 aromatic carbocycles. The lowest BCUT2D eigenvalue weighted by molar-refractivity contribution is 0.0350. The van der Waals surface area contributed by atoms with Gasteiger partial charge in [-0.3, -0.25) is 9.80 Å². The van der Waals surface area contributed by atoms with Crippen LogP contribution in [0.25, 0.3) is 0 Å². The van der Waals surface area contributed by atoms with Gasteiger partial charge in [0.1, 0.15) is 6.10 Å². The number of hydrogen-bond donors (Lipinski definition) is 0. The summed E-state index contributed by atoms with van der Waals surface area (Å²) in [5, 5.41) is 4.32. The van der Waals surface area contributed by atoms with Crippen LogP contribution in [0.4, 0.5) is 0 Å². The molecular weight excluding hydrogens is 318 g/mol. The predicted molar refractivity (Wildman–Crippen MR) is 101 cm³/mol. The van der Waals surface area contributed by atoms with Gasteiger partial charge in [0, 0.05) is 43.6 Å². The van der Waals surface area contributed by atoms with Crippen molar-refractivity contribution in [1.82, 2.24) is 9.80 Å². The number of hydrogen-bond acceptors (Lipinski definition) is 5. The summed E-state index contributed by atoms with van der Waals surface area (Å²) in [5.74, 6) is 2.63. The van der Waals surface area contributed by atoms with Crippen molar-refractivity contribution in [2.24, 2.45) is 5.16 Å². The fraction of sp³-hybridized carbons (Fsp3) is 0.632. The van der Waals surface area contributed by atoms with Crippen LogP contribution >= 0.6 is 11.8 Å². The minimum Gasteiger partial charge on any atom is -0.390 e. The van der Waals surface area contributed by atoms with Crippen LogP contribution in [0.2, 0.25) is 0 Å².